The van der Waals surface area contributed by atoms with Gasteiger partial charge < -0.3 is 0 Å². The third kappa shape index (κ3) is 3.59. The van der Waals surface area contributed by atoms with Crippen LogP contribution in [0.15, 0.2) is 54.3 Å². The molecule has 0 bridgehead atoms. The minimum absolute atomic E-state index is 0.319. The number of hydrogen-bond acceptors (Lipinski definition) is 3. The summed E-state index contributed by atoms with van der Waals surface area (Å²) in [6.45, 7) is 0.374. The molecule has 0 saturated heterocycles. The quantitative estimate of drug-likeness (QED) is 0.868. The van der Waals surface area contributed by atoms with Gasteiger partial charge in [0.15, 0.2) is 0 Å². The number of allylic oxidation sites excluding steroid dienone is 5. The fourth-order valence-corrected chi connectivity index (χ4v) is 2.40. The summed E-state index contributed by atoms with van der Waals surface area (Å²) in [4.78, 5) is 21.6. The second kappa shape index (κ2) is 7.00. The van der Waals surface area contributed by atoms with E-state index in [9.17, 15) is 4.79 Å². The van der Waals surface area contributed by atoms with Crippen molar-refractivity contribution in [1.29, 1.82) is 0 Å². The largest absolute Gasteiger partial charge is 0.293 e. The van der Waals surface area contributed by atoms with Crippen molar-refractivity contribution >= 4 is 12.0 Å². The lowest BCUT2D eigenvalue weighted by Gasteiger charge is -2.09. The summed E-state index contributed by atoms with van der Waals surface area (Å²) in [5.74, 6) is -0.319. The Morgan fingerprint density at radius 1 is 1.23 bits per heavy atom. The standard InChI is InChI=1S/C18H18N2O2/c21-18(20-22-13-14-7-3-1-4-8-14)17-11-15-9-5-2-6-10-16(15)12-19-17/h2-3,5-8,10-12H,1,4,9,13H2,(H,20,21). The molecule has 0 aliphatic heterocycles. The van der Waals surface area contributed by atoms with Crippen LogP contribution >= 0.6 is 0 Å². The third-order valence-electron chi connectivity index (χ3n) is 3.59. The van der Waals surface area contributed by atoms with Crippen molar-refractivity contribution in [2.75, 3.05) is 6.61 Å². The van der Waals surface area contributed by atoms with Crippen molar-refractivity contribution in [1.82, 2.24) is 10.5 Å². The molecule has 22 heavy (non-hydrogen) atoms. The Hall–Kier alpha value is -2.46. The molecule has 3 rings (SSSR count). The van der Waals surface area contributed by atoms with Gasteiger partial charge in [-0.3, -0.25) is 14.6 Å². The van der Waals surface area contributed by atoms with Crippen LogP contribution < -0.4 is 5.48 Å². The lowest BCUT2D eigenvalue weighted by molar-refractivity contribution is 0.0400. The van der Waals surface area contributed by atoms with E-state index < -0.39 is 0 Å². The molecular formula is C18H18N2O2. The van der Waals surface area contributed by atoms with E-state index >= 15 is 0 Å². The maximum atomic E-state index is 12.1. The number of fused-ring (bicyclic) bond motifs is 1. The molecule has 0 unspecified atom stereocenters. The number of carbonyl (C=O) groups excluding carboxylic acids is 1. The van der Waals surface area contributed by atoms with Crippen LogP contribution in [0.3, 0.4) is 0 Å². The number of hydrogen-bond donors (Lipinski definition) is 1. The van der Waals surface area contributed by atoms with Crippen molar-refractivity contribution in [2.45, 2.75) is 19.3 Å². The minimum Gasteiger partial charge on any atom is -0.269 e. The minimum atomic E-state index is -0.319. The first-order valence-corrected chi connectivity index (χ1v) is 7.43. The number of pyridine rings is 1. The molecule has 1 heterocycles. The van der Waals surface area contributed by atoms with E-state index in [0.717, 1.165) is 36.0 Å². The number of hydroxylamine groups is 1. The maximum Gasteiger partial charge on any atom is 0.293 e. The van der Waals surface area contributed by atoms with Gasteiger partial charge in [-0.2, -0.15) is 0 Å². The maximum absolute atomic E-state index is 12.1. The van der Waals surface area contributed by atoms with Crippen molar-refractivity contribution in [3.05, 3.63) is 71.1 Å². The molecule has 112 valence electrons. The Morgan fingerprint density at radius 2 is 2.18 bits per heavy atom. The molecular weight excluding hydrogens is 276 g/mol. The van der Waals surface area contributed by atoms with E-state index in [0.29, 0.717) is 12.3 Å². The lowest BCUT2D eigenvalue weighted by atomic mass is 10.1. The number of aromatic nitrogens is 1. The van der Waals surface area contributed by atoms with Crippen LogP contribution in [0, 0.1) is 0 Å². The lowest BCUT2D eigenvalue weighted by Crippen LogP contribution is -2.25. The molecule has 1 amide bonds. The van der Waals surface area contributed by atoms with Crippen LogP contribution in [0.25, 0.3) is 6.08 Å². The second-order valence-electron chi connectivity index (χ2n) is 5.24. The zero-order valence-electron chi connectivity index (χ0n) is 12.3. The molecule has 2 aliphatic carbocycles. The average molecular weight is 294 g/mol. The van der Waals surface area contributed by atoms with Crippen LogP contribution in [0.1, 0.15) is 34.5 Å². The fourth-order valence-electron chi connectivity index (χ4n) is 2.40. The van der Waals surface area contributed by atoms with Gasteiger partial charge in [0.25, 0.3) is 5.91 Å². The number of amides is 1. The smallest absolute Gasteiger partial charge is 0.269 e. The van der Waals surface area contributed by atoms with Gasteiger partial charge in [0.1, 0.15) is 5.69 Å². The molecule has 0 fully saturated rings. The molecule has 0 aromatic carbocycles. The van der Waals surface area contributed by atoms with Crippen molar-refractivity contribution < 1.29 is 9.63 Å². The summed E-state index contributed by atoms with van der Waals surface area (Å²) in [6, 6.07) is 1.81. The van der Waals surface area contributed by atoms with Gasteiger partial charge in [-0.25, -0.2) is 5.48 Å². The zero-order chi connectivity index (χ0) is 15.2. The van der Waals surface area contributed by atoms with Gasteiger partial charge in [-0.05, 0) is 42.0 Å². The van der Waals surface area contributed by atoms with Gasteiger partial charge in [-0.15, -0.1) is 0 Å². The monoisotopic (exact) mass is 294 g/mol. The van der Waals surface area contributed by atoms with Gasteiger partial charge in [0.2, 0.25) is 0 Å². The predicted octanol–water partition coefficient (Wildman–Crippen LogP) is 3.14. The predicted molar refractivity (Wildman–Crippen MR) is 86.0 cm³/mol. The van der Waals surface area contributed by atoms with E-state index in [2.05, 4.69) is 28.7 Å². The molecule has 0 radical (unpaired) electrons. The molecule has 1 aromatic heterocycles. The molecule has 0 saturated carbocycles. The van der Waals surface area contributed by atoms with Crippen LogP contribution in [-0.4, -0.2) is 17.5 Å². The van der Waals surface area contributed by atoms with Crippen LogP contribution in [0.4, 0.5) is 0 Å². The first-order valence-electron chi connectivity index (χ1n) is 7.43. The van der Waals surface area contributed by atoms with Crippen molar-refractivity contribution in [3.8, 4) is 0 Å². The second-order valence-corrected chi connectivity index (χ2v) is 5.24. The fraction of sp³-hybridized carbons (Fsp3) is 0.222. The SMILES string of the molecule is O=C(NOCC1=CCCC=C1)c1cc2c(cn1)C=CC=CC2. The van der Waals surface area contributed by atoms with Crippen LogP contribution in [0.5, 0.6) is 0 Å². The normalized spacial score (nSPS) is 15.9. The number of rotatable bonds is 4. The van der Waals surface area contributed by atoms with Gasteiger partial charge >= 0.3 is 0 Å². The summed E-state index contributed by atoms with van der Waals surface area (Å²) in [5.41, 5.74) is 6.04. The van der Waals surface area contributed by atoms with Crippen molar-refractivity contribution in [3.63, 3.8) is 0 Å². The zero-order valence-corrected chi connectivity index (χ0v) is 12.3. The van der Waals surface area contributed by atoms with Gasteiger partial charge in [0, 0.05) is 6.20 Å². The number of carbonyl (C=O) groups is 1. The Balaban J connectivity index is 1.59. The van der Waals surface area contributed by atoms with Crippen LogP contribution in [-0.2, 0) is 11.3 Å². The van der Waals surface area contributed by atoms with Crippen LogP contribution in [0.2, 0.25) is 0 Å². The van der Waals surface area contributed by atoms with E-state index in [-0.39, 0.29) is 5.91 Å². The van der Waals surface area contributed by atoms with E-state index in [1.807, 2.05) is 30.4 Å². The van der Waals surface area contributed by atoms with Gasteiger partial charge in [0.05, 0.1) is 6.61 Å². The van der Waals surface area contributed by atoms with E-state index in [1.165, 1.54) is 0 Å². The highest BCUT2D eigenvalue weighted by Crippen LogP contribution is 2.15. The molecule has 2 aliphatic rings. The van der Waals surface area contributed by atoms with E-state index in [4.69, 9.17) is 4.84 Å². The topological polar surface area (TPSA) is 51.2 Å². The summed E-state index contributed by atoms with van der Waals surface area (Å²) in [7, 11) is 0. The molecule has 4 heteroatoms. The third-order valence-corrected chi connectivity index (χ3v) is 3.59. The Labute approximate surface area is 129 Å². The molecule has 0 spiro atoms. The molecule has 1 N–H and O–H groups in total. The van der Waals surface area contributed by atoms with Gasteiger partial charge in [-0.1, -0.05) is 42.5 Å². The summed E-state index contributed by atoms with van der Waals surface area (Å²) in [6.07, 6.45) is 18.9. The first-order chi connectivity index (χ1) is 10.8. The average Bonchev–Trinajstić information content (AvgIpc) is 2.80. The highest BCUT2D eigenvalue weighted by molar-refractivity contribution is 5.91. The highest BCUT2D eigenvalue weighted by Gasteiger charge is 2.11. The number of nitrogens with zero attached hydrogens (tertiary/aromatic N) is 1. The molecule has 1 aromatic rings. The molecule has 4 nitrogen and oxygen atoms in total. The summed E-state index contributed by atoms with van der Waals surface area (Å²) in [5, 5.41) is 0. The Kier molecular flexibility index (Phi) is 4.61. The Bertz CT molecular complexity index is 684. The van der Waals surface area contributed by atoms with E-state index in [1.54, 1.807) is 6.20 Å². The summed E-state index contributed by atoms with van der Waals surface area (Å²) < 4.78 is 0. The Morgan fingerprint density at radius 3 is 3.05 bits per heavy atom. The molecule has 0 atom stereocenters. The highest BCUT2D eigenvalue weighted by atomic mass is 16.6. The first kappa shape index (κ1) is 14.5. The summed E-state index contributed by atoms with van der Waals surface area (Å²) >= 11 is 0. The number of nitrogens with one attached hydrogen (secondary N) is 1. The van der Waals surface area contributed by atoms with Crippen molar-refractivity contribution in [2.24, 2.45) is 0 Å².